The van der Waals surface area contributed by atoms with Gasteiger partial charge >= 0.3 is 11.7 Å². The maximum atomic E-state index is 12.6. The van der Waals surface area contributed by atoms with E-state index in [9.17, 15) is 19.2 Å². The molecule has 2 rings (SSSR count). The van der Waals surface area contributed by atoms with Gasteiger partial charge in [0.2, 0.25) is 5.91 Å². The molecule has 0 unspecified atom stereocenters. The first-order valence-electron chi connectivity index (χ1n) is 8.53. The highest BCUT2D eigenvalue weighted by Gasteiger charge is 2.19. The molecule has 146 valence electrons. The number of hydrogen-bond donors (Lipinski definition) is 1. The Morgan fingerprint density at radius 3 is 2.41 bits per heavy atom. The summed E-state index contributed by atoms with van der Waals surface area (Å²) < 4.78 is 6.96. The van der Waals surface area contributed by atoms with Gasteiger partial charge in [-0.1, -0.05) is 0 Å². The van der Waals surface area contributed by atoms with Crippen molar-refractivity contribution < 1.29 is 14.3 Å². The van der Waals surface area contributed by atoms with Crippen LogP contribution < -0.4 is 16.6 Å². The molecule has 27 heavy (non-hydrogen) atoms. The number of nitrogens with one attached hydrogen (secondary N) is 1. The average Bonchev–Trinajstić information content (AvgIpc) is 2.63. The number of carbonyl (C=O) groups excluding carboxylic acids is 2. The highest BCUT2D eigenvalue weighted by Crippen LogP contribution is 2.20. The zero-order valence-corrected chi connectivity index (χ0v) is 16.4. The molecule has 0 aliphatic carbocycles. The van der Waals surface area contributed by atoms with Gasteiger partial charge in [0, 0.05) is 26.2 Å². The molecule has 0 aliphatic rings. The van der Waals surface area contributed by atoms with Crippen LogP contribution in [-0.2, 0) is 34.8 Å². The minimum absolute atomic E-state index is 0.127. The lowest BCUT2D eigenvalue weighted by molar-refractivity contribution is -0.144. The number of amides is 1. The van der Waals surface area contributed by atoms with Gasteiger partial charge in [-0.2, -0.15) is 0 Å². The number of aryl methyl sites for hydroxylation is 3. The molecule has 0 fully saturated rings. The topological polar surface area (TPSA) is 112 Å². The van der Waals surface area contributed by atoms with Crippen molar-refractivity contribution in [1.82, 2.24) is 19.4 Å². The van der Waals surface area contributed by atoms with Crippen molar-refractivity contribution in [1.29, 1.82) is 0 Å². The van der Waals surface area contributed by atoms with E-state index in [4.69, 9.17) is 0 Å². The van der Waals surface area contributed by atoms with Crippen molar-refractivity contribution in [2.24, 2.45) is 14.1 Å². The number of rotatable bonds is 5. The molecule has 0 saturated heterocycles. The molecular formula is C18H24N4O5. The maximum absolute atomic E-state index is 12.6. The number of hydrogen-bond acceptors (Lipinski definition) is 6. The van der Waals surface area contributed by atoms with Crippen LogP contribution in [0.3, 0.4) is 0 Å². The molecule has 9 nitrogen and oxygen atoms in total. The van der Waals surface area contributed by atoms with Crippen molar-refractivity contribution in [2.75, 3.05) is 7.11 Å². The van der Waals surface area contributed by atoms with Crippen LogP contribution in [0.1, 0.15) is 30.2 Å². The van der Waals surface area contributed by atoms with Crippen molar-refractivity contribution in [2.45, 2.75) is 39.7 Å². The summed E-state index contributed by atoms with van der Waals surface area (Å²) in [5.41, 5.74) is 1.59. The first-order valence-corrected chi connectivity index (χ1v) is 8.53. The third-order valence-corrected chi connectivity index (χ3v) is 4.71. The highest BCUT2D eigenvalue weighted by molar-refractivity contribution is 5.84. The van der Waals surface area contributed by atoms with E-state index in [0.29, 0.717) is 28.7 Å². The molecule has 0 spiro atoms. The van der Waals surface area contributed by atoms with Crippen LogP contribution in [0, 0.1) is 13.8 Å². The molecular weight excluding hydrogens is 352 g/mol. The van der Waals surface area contributed by atoms with E-state index >= 15 is 0 Å². The summed E-state index contributed by atoms with van der Waals surface area (Å²) in [6.45, 7) is 5.11. The zero-order valence-electron chi connectivity index (χ0n) is 16.4. The van der Waals surface area contributed by atoms with E-state index in [-0.39, 0.29) is 12.3 Å². The van der Waals surface area contributed by atoms with E-state index in [1.54, 1.807) is 27.8 Å². The van der Waals surface area contributed by atoms with Crippen LogP contribution in [0.25, 0.3) is 11.0 Å². The Hall–Kier alpha value is -2.97. The normalized spacial score (nSPS) is 12.1. The number of aromatic nitrogens is 3. The second kappa shape index (κ2) is 7.73. The number of nitrogens with zero attached hydrogens (tertiary/aromatic N) is 3. The monoisotopic (exact) mass is 376 g/mol. The predicted molar refractivity (Wildman–Crippen MR) is 99.6 cm³/mol. The molecule has 2 heterocycles. The molecule has 0 aliphatic heterocycles. The number of ether oxygens (including phenoxy) is 1. The Kier molecular flexibility index (Phi) is 5.82. The van der Waals surface area contributed by atoms with Crippen molar-refractivity contribution in [3.8, 4) is 0 Å². The molecule has 0 radical (unpaired) electrons. The van der Waals surface area contributed by atoms with E-state index in [0.717, 1.165) is 10.1 Å². The van der Waals surface area contributed by atoms with Gasteiger partial charge in [0.25, 0.3) is 5.56 Å². The molecule has 2 aromatic rings. The first kappa shape index (κ1) is 20.3. The van der Waals surface area contributed by atoms with Crippen molar-refractivity contribution >= 4 is 22.9 Å². The lowest BCUT2D eigenvalue weighted by Gasteiger charge is -2.15. The summed E-state index contributed by atoms with van der Waals surface area (Å²) in [5.74, 6) is -0.826. The SMILES string of the molecule is COC(=O)[C@@H](C)NC(=O)CCc1c(C)nc2c(c1C)c(=O)n(C)c(=O)n2C. The molecule has 0 saturated carbocycles. The third kappa shape index (κ3) is 3.76. The van der Waals surface area contributed by atoms with Gasteiger partial charge in [0.15, 0.2) is 0 Å². The summed E-state index contributed by atoms with van der Waals surface area (Å²) in [6, 6.07) is -0.735. The number of methoxy groups -OCH3 is 1. The fraction of sp³-hybridized carbons (Fsp3) is 0.500. The van der Waals surface area contributed by atoms with Gasteiger partial charge in [-0.05, 0) is 38.3 Å². The fourth-order valence-electron chi connectivity index (χ4n) is 3.10. The smallest absolute Gasteiger partial charge is 0.332 e. The van der Waals surface area contributed by atoms with E-state index in [1.807, 2.05) is 0 Å². The molecule has 2 aromatic heterocycles. The molecule has 9 heteroatoms. The largest absolute Gasteiger partial charge is 0.467 e. The molecule has 1 atom stereocenters. The van der Waals surface area contributed by atoms with Crippen LogP contribution in [0.4, 0.5) is 0 Å². The molecule has 1 amide bonds. The Morgan fingerprint density at radius 2 is 1.81 bits per heavy atom. The Bertz CT molecular complexity index is 1030. The maximum Gasteiger partial charge on any atom is 0.332 e. The van der Waals surface area contributed by atoms with Gasteiger partial charge < -0.3 is 10.1 Å². The summed E-state index contributed by atoms with van der Waals surface area (Å²) in [4.78, 5) is 52.6. The van der Waals surface area contributed by atoms with Crippen LogP contribution in [0.5, 0.6) is 0 Å². The van der Waals surface area contributed by atoms with Crippen LogP contribution in [0.15, 0.2) is 9.59 Å². The van der Waals surface area contributed by atoms with Crippen LogP contribution >= 0.6 is 0 Å². The third-order valence-electron chi connectivity index (χ3n) is 4.71. The van der Waals surface area contributed by atoms with E-state index in [2.05, 4.69) is 15.0 Å². The van der Waals surface area contributed by atoms with Crippen molar-refractivity contribution in [3.05, 3.63) is 37.7 Å². The number of carbonyl (C=O) groups is 2. The molecule has 0 aromatic carbocycles. The van der Waals surface area contributed by atoms with Gasteiger partial charge in [-0.25, -0.2) is 14.6 Å². The fourth-order valence-corrected chi connectivity index (χ4v) is 3.10. The summed E-state index contributed by atoms with van der Waals surface area (Å²) in [6.07, 6.45) is 0.481. The van der Waals surface area contributed by atoms with Crippen molar-refractivity contribution in [3.63, 3.8) is 0 Å². The first-order chi connectivity index (χ1) is 12.6. The summed E-state index contributed by atoms with van der Waals surface area (Å²) >= 11 is 0. The highest BCUT2D eigenvalue weighted by atomic mass is 16.5. The minimum Gasteiger partial charge on any atom is -0.467 e. The molecule has 1 N–H and O–H groups in total. The number of esters is 1. The lowest BCUT2D eigenvalue weighted by Crippen LogP contribution is -2.39. The van der Waals surface area contributed by atoms with Crippen LogP contribution in [0.2, 0.25) is 0 Å². The van der Waals surface area contributed by atoms with E-state index in [1.165, 1.54) is 18.7 Å². The Balaban J connectivity index is 2.38. The minimum atomic E-state index is -0.735. The second-order valence-corrected chi connectivity index (χ2v) is 6.52. The molecule has 0 bridgehead atoms. The summed E-state index contributed by atoms with van der Waals surface area (Å²) in [7, 11) is 4.24. The van der Waals surface area contributed by atoms with Gasteiger partial charge in [0.1, 0.15) is 11.7 Å². The predicted octanol–water partition coefficient (Wildman–Crippen LogP) is -0.141. The quantitative estimate of drug-likeness (QED) is 0.727. The average molecular weight is 376 g/mol. The Labute approximate surface area is 156 Å². The number of fused-ring (bicyclic) bond motifs is 1. The standard InChI is InChI=1S/C18H24N4O5/c1-9-12(7-8-13(23)19-11(3)17(25)27-6)10(2)20-15-14(9)16(24)22(5)18(26)21(15)4/h11H,7-8H2,1-6H3,(H,19,23)/t11-/m1/s1. The second-order valence-electron chi connectivity index (χ2n) is 6.52. The summed E-state index contributed by atoms with van der Waals surface area (Å²) in [5, 5.41) is 2.93. The Morgan fingerprint density at radius 1 is 1.19 bits per heavy atom. The van der Waals surface area contributed by atoms with Gasteiger partial charge in [0.05, 0.1) is 12.5 Å². The van der Waals surface area contributed by atoms with Gasteiger partial charge in [-0.15, -0.1) is 0 Å². The van der Waals surface area contributed by atoms with Gasteiger partial charge in [-0.3, -0.25) is 18.7 Å². The zero-order chi connectivity index (χ0) is 20.5. The van der Waals surface area contributed by atoms with Crippen LogP contribution in [-0.4, -0.2) is 39.1 Å². The van der Waals surface area contributed by atoms with E-state index < -0.39 is 23.3 Å². The lowest BCUT2D eigenvalue weighted by atomic mass is 9.99. The number of pyridine rings is 1.